The van der Waals surface area contributed by atoms with Gasteiger partial charge in [0.25, 0.3) is 0 Å². The van der Waals surface area contributed by atoms with Crippen molar-refractivity contribution in [2.24, 2.45) is 5.73 Å². The lowest BCUT2D eigenvalue weighted by molar-refractivity contribution is -0.124. The monoisotopic (exact) mass is 155 g/mol. The molecule has 0 aromatic rings. The molecule has 2 nitrogen and oxygen atoms in total. The first-order chi connectivity index (χ1) is 5.19. The summed E-state index contributed by atoms with van der Waals surface area (Å²) in [6, 6.07) is 0. The summed E-state index contributed by atoms with van der Waals surface area (Å²) < 4.78 is 0. The molecule has 0 bridgehead atoms. The molecule has 0 aromatic heterocycles. The second-order valence-electron chi connectivity index (χ2n) is 3.54. The van der Waals surface area contributed by atoms with E-state index in [0.29, 0.717) is 6.42 Å². The summed E-state index contributed by atoms with van der Waals surface area (Å²) in [5.41, 5.74) is 5.50. The van der Waals surface area contributed by atoms with Gasteiger partial charge in [-0.1, -0.05) is 19.8 Å². The normalized spacial score (nSPS) is 22.0. The van der Waals surface area contributed by atoms with Crippen molar-refractivity contribution in [2.45, 2.75) is 51.0 Å². The van der Waals surface area contributed by atoms with Crippen molar-refractivity contribution in [3.63, 3.8) is 0 Å². The van der Waals surface area contributed by atoms with Crippen molar-refractivity contribution >= 4 is 5.78 Å². The van der Waals surface area contributed by atoms with Crippen molar-refractivity contribution in [1.82, 2.24) is 0 Å². The minimum Gasteiger partial charge on any atom is -0.319 e. The summed E-state index contributed by atoms with van der Waals surface area (Å²) in [6.07, 6.45) is 5.67. The van der Waals surface area contributed by atoms with Gasteiger partial charge < -0.3 is 5.73 Å². The Morgan fingerprint density at radius 3 is 2.45 bits per heavy atom. The molecule has 11 heavy (non-hydrogen) atoms. The Hall–Kier alpha value is -0.370. The summed E-state index contributed by atoms with van der Waals surface area (Å²) in [7, 11) is 0. The van der Waals surface area contributed by atoms with E-state index in [1.54, 1.807) is 0 Å². The van der Waals surface area contributed by atoms with Crippen LogP contribution in [0, 0.1) is 0 Å². The van der Waals surface area contributed by atoms with Crippen LogP contribution in [0.3, 0.4) is 0 Å². The van der Waals surface area contributed by atoms with Gasteiger partial charge in [0.1, 0.15) is 0 Å². The van der Waals surface area contributed by atoms with Crippen molar-refractivity contribution in [2.75, 3.05) is 0 Å². The van der Waals surface area contributed by atoms with Gasteiger partial charge in [-0.15, -0.1) is 0 Å². The quantitative estimate of drug-likeness (QED) is 0.673. The molecule has 2 N–H and O–H groups in total. The van der Waals surface area contributed by atoms with Crippen LogP contribution < -0.4 is 5.73 Å². The second-order valence-corrected chi connectivity index (χ2v) is 3.54. The van der Waals surface area contributed by atoms with E-state index >= 15 is 0 Å². The standard InChI is InChI=1S/C9H17NO/c1-2-5-8(11)9(10)6-3-4-7-9/h2-7,10H2,1H3. The number of hydrogen-bond donors (Lipinski definition) is 1. The Balaban J connectivity index is 2.49. The van der Waals surface area contributed by atoms with Crippen molar-refractivity contribution in [3.8, 4) is 0 Å². The van der Waals surface area contributed by atoms with Gasteiger partial charge >= 0.3 is 0 Å². The zero-order valence-electron chi connectivity index (χ0n) is 7.23. The zero-order chi connectivity index (χ0) is 8.32. The molecule has 0 radical (unpaired) electrons. The molecule has 1 rings (SSSR count). The molecular formula is C9H17NO. The second kappa shape index (κ2) is 3.35. The number of carbonyl (C=O) groups is 1. The van der Waals surface area contributed by atoms with Gasteiger partial charge in [-0.05, 0) is 19.3 Å². The van der Waals surface area contributed by atoms with Crippen LogP contribution in [-0.2, 0) is 4.79 Å². The van der Waals surface area contributed by atoms with Gasteiger partial charge in [-0.25, -0.2) is 0 Å². The maximum absolute atomic E-state index is 11.4. The van der Waals surface area contributed by atoms with Gasteiger partial charge in [0.2, 0.25) is 0 Å². The Kier molecular flexibility index (Phi) is 2.66. The van der Waals surface area contributed by atoms with Crippen molar-refractivity contribution in [3.05, 3.63) is 0 Å². The highest BCUT2D eigenvalue weighted by molar-refractivity contribution is 5.88. The molecule has 0 aliphatic heterocycles. The van der Waals surface area contributed by atoms with Gasteiger partial charge in [-0.3, -0.25) is 4.79 Å². The Labute approximate surface area is 68.2 Å². The molecule has 0 heterocycles. The highest BCUT2D eigenvalue weighted by Gasteiger charge is 2.35. The molecule has 0 unspecified atom stereocenters. The third kappa shape index (κ3) is 1.80. The van der Waals surface area contributed by atoms with Crippen molar-refractivity contribution < 1.29 is 4.79 Å². The van der Waals surface area contributed by atoms with Crippen LogP contribution in [0.5, 0.6) is 0 Å². The van der Waals surface area contributed by atoms with E-state index in [1.165, 1.54) is 0 Å². The van der Waals surface area contributed by atoms with Crippen LogP contribution in [-0.4, -0.2) is 11.3 Å². The fourth-order valence-electron chi connectivity index (χ4n) is 1.76. The predicted molar refractivity (Wildman–Crippen MR) is 45.3 cm³/mol. The molecule has 1 saturated carbocycles. The van der Waals surface area contributed by atoms with Gasteiger partial charge in [-0.2, -0.15) is 0 Å². The summed E-state index contributed by atoms with van der Waals surface area (Å²) >= 11 is 0. The Bertz CT molecular complexity index is 148. The van der Waals surface area contributed by atoms with Crippen molar-refractivity contribution in [1.29, 1.82) is 0 Å². The van der Waals surface area contributed by atoms with E-state index in [9.17, 15) is 4.79 Å². The van der Waals surface area contributed by atoms with Crippen LogP contribution in [0.25, 0.3) is 0 Å². The largest absolute Gasteiger partial charge is 0.319 e. The van der Waals surface area contributed by atoms with E-state index in [0.717, 1.165) is 32.1 Å². The smallest absolute Gasteiger partial charge is 0.152 e. The molecule has 0 spiro atoms. The first kappa shape index (κ1) is 8.72. The number of ketones is 1. The first-order valence-corrected chi connectivity index (χ1v) is 4.51. The van der Waals surface area contributed by atoms with Gasteiger partial charge in [0.15, 0.2) is 5.78 Å². The lowest BCUT2D eigenvalue weighted by Gasteiger charge is -2.20. The molecule has 0 atom stereocenters. The fraction of sp³-hybridized carbons (Fsp3) is 0.889. The Morgan fingerprint density at radius 1 is 1.45 bits per heavy atom. The SMILES string of the molecule is CCCC(=O)C1(N)CCCC1. The highest BCUT2D eigenvalue weighted by atomic mass is 16.1. The number of hydrogen-bond acceptors (Lipinski definition) is 2. The minimum absolute atomic E-state index is 0.275. The topological polar surface area (TPSA) is 43.1 Å². The lowest BCUT2D eigenvalue weighted by Crippen LogP contribution is -2.44. The molecule has 1 aliphatic rings. The molecule has 2 heteroatoms. The van der Waals surface area contributed by atoms with Crippen LogP contribution in [0.2, 0.25) is 0 Å². The third-order valence-electron chi connectivity index (χ3n) is 2.53. The molecule has 0 aromatic carbocycles. The average molecular weight is 155 g/mol. The number of Topliss-reactive ketones (excluding diaryl/α,β-unsaturated/α-hetero) is 1. The maximum Gasteiger partial charge on any atom is 0.152 e. The summed E-state index contributed by atoms with van der Waals surface area (Å²) in [6.45, 7) is 2.02. The van der Waals surface area contributed by atoms with Gasteiger partial charge in [0.05, 0.1) is 5.54 Å². The first-order valence-electron chi connectivity index (χ1n) is 4.51. The summed E-state index contributed by atoms with van der Waals surface area (Å²) in [5, 5.41) is 0. The van der Waals surface area contributed by atoms with E-state index in [1.807, 2.05) is 6.92 Å². The number of carbonyl (C=O) groups excluding carboxylic acids is 1. The molecule has 0 amide bonds. The maximum atomic E-state index is 11.4. The molecular weight excluding hydrogens is 138 g/mol. The minimum atomic E-state index is -0.435. The third-order valence-corrected chi connectivity index (χ3v) is 2.53. The van der Waals surface area contributed by atoms with E-state index in [-0.39, 0.29) is 5.78 Å². The number of rotatable bonds is 3. The average Bonchev–Trinajstić information content (AvgIpc) is 2.38. The highest BCUT2D eigenvalue weighted by Crippen LogP contribution is 2.28. The molecule has 64 valence electrons. The van der Waals surface area contributed by atoms with Gasteiger partial charge in [0, 0.05) is 6.42 Å². The summed E-state index contributed by atoms with van der Waals surface area (Å²) in [5.74, 6) is 0.275. The predicted octanol–water partition coefficient (Wildman–Crippen LogP) is 1.63. The van der Waals surface area contributed by atoms with E-state index < -0.39 is 5.54 Å². The Morgan fingerprint density at radius 2 is 2.00 bits per heavy atom. The molecule has 1 fully saturated rings. The van der Waals surface area contributed by atoms with Crippen LogP contribution in [0.1, 0.15) is 45.4 Å². The van der Waals surface area contributed by atoms with Crippen LogP contribution >= 0.6 is 0 Å². The number of nitrogens with two attached hydrogens (primary N) is 1. The lowest BCUT2D eigenvalue weighted by atomic mass is 9.91. The summed E-state index contributed by atoms with van der Waals surface area (Å²) in [4.78, 5) is 11.4. The molecule has 1 aliphatic carbocycles. The van der Waals surface area contributed by atoms with E-state index in [4.69, 9.17) is 5.73 Å². The fourth-order valence-corrected chi connectivity index (χ4v) is 1.76. The molecule has 0 saturated heterocycles. The zero-order valence-corrected chi connectivity index (χ0v) is 7.23. The van der Waals surface area contributed by atoms with Crippen LogP contribution in [0.15, 0.2) is 0 Å². The van der Waals surface area contributed by atoms with E-state index in [2.05, 4.69) is 0 Å². The van der Waals surface area contributed by atoms with Crippen LogP contribution in [0.4, 0.5) is 0 Å².